The molecule has 0 saturated carbocycles. The van der Waals surface area contributed by atoms with E-state index in [1.165, 1.54) is 0 Å². The number of nitrogens with zero attached hydrogens (tertiary/aromatic N) is 3. The lowest BCUT2D eigenvalue weighted by molar-refractivity contribution is 0.0946. The molecule has 0 atom stereocenters. The van der Waals surface area contributed by atoms with Gasteiger partial charge in [-0.25, -0.2) is 0 Å². The van der Waals surface area contributed by atoms with E-state index in [1.54, 1.807) is 6.20 Å². The van der Waals surface area contributed by atoms with Crippen molar-refractivity contribution in [1.29, 1.82) is 0 Å². The largest absolute Gasteiger partial charge is 0.371 e. The lowest BCUT2D eigenvalue weighted by Crippen LogP contribution is -2.45. The molecule has 5 heteroatoms. The fourth-order valence-electron chi connectivity index (χ4n) is 3.63. The highest BCUT2D eigenvalue weighted by Gasteiger charge is 2.24. The van der Waals surface area contributed by atoms with Crippen molar-refractivity contribution in [3.8, 4) is 0 Å². The monoisotopic (exact) mass is 366 g/mol. The van der Waals surface area contributed by atoms with E-state index < -0.39 is 0 Å². The van der Waals surface area contributed by atoms with E-state index in [0.29, 0.717) is 24.3 Å². The van der Waals surface area contributed by atoms with Gasteiger partial charge in [0.05, 0.1) is 0 Å². The van der Waals surface area contributed by atoms with Gasteiger partial charge < -0.3 is 15.1 Å². The number of benzene rings is 1. The van der Waals surface area contributed by atoms with Gasteiger partial charge >= 0.3 is 0 Å². The Morgan fingerprint density at radius 2 is 1.93 bits per heavy atom. The number of pyridine rings is 1. The molecule has 2 aromatic rings. The number of hydrogen-bond donors (Lipinski definition) is 1. The van der Waals surface area contributed by atoms with Crippen molar-refractivity contribution in [1.82, 2.24) is 15.2 Å². The van der Waals surface area contributed by atoms with Crippen molar-refractivity contribution >= 4 is 11.6 Å². The van der Waals surface area contributed by atoms with Crippen LogP contribution in [0.25, 0.3) is 0 Å². The summed E-state index contributed by atoms with van der Waals surface area (Å²) < 4.78 is 0. The number of likely N-dealkylation sites (tertiary alicyclic amines) is 1. The van der Waals surface area contributed by atoms with Crippen LogP contribution in [0.15, 0.2) is 48.7 Å². The number of nitrogens with one attached hydrogen (secondary N) is 1. The summed E-state index contributed by atoms with van der Waals surface area (Å²) in [6, 6.07) is 14.9. The molecule has 1 aromatic heterocycles. The third kappa shape index (κ3) is 5.07. The van der Waals surface area contributed by atoms with Crippen molar-refractivity contribution in [2.24, 2.45) is 0 Å². The molecule has 27 heavy (non-hydrogen) atoms. The number of anilines is 1. The summed E-state index contributed by atoms with van der Waals surface area (Å²) in [6.07, 6.45) is 4.02. The molecule has 1 aromatic carbocycles. The average Bonchev–Trinajstić information content (AvgIpc) is 2.72. The Morgan fingerprint density at radius 3 is 2.59 bits per heavy atom. The topological polar surface area (TPSA) is 48.5 Å². The molecular weight excluding hydrogens is 336 g/mol. The molecule has 1 saturated heterocycles. The van der Waals surface area contributed by atoms with E-state index in [0.717, 1.165) is 37.2 Å². The Kier molecular flexibility index (Phi) is 6.45. The van der Waals surface area contributed by atoms with Gasteiger partial charge in [0.1, 0.15) is 5.69 Å². The molecular formula is C22H30N4O. The van der Waals surface area contributed by atoms with Crippen molar-refractivity contribution in [3.63, 3.8) is 0 Å². The van der Waals surface area contributed by atoms with Gasteiger partial charge in [-0.1, -0.05) is 30.3 Å². The van der Waals surface area contributed by atoms with Gasteiger partial charge in [-0.3, -0.25) is 9.78 Å². The zero-order valence-corrected chi connectivity index (χ0v) is 16.6. The van der Waals surface area contributed by atoms with Gasteiger partial charge in [-0.2, -0.15) is 0 Å². The van der Waals surface area contributed by atoms with Crippen molar-refractivity contribution in [3.05, 3.63) is 59.9 Å². The van der Waals surface area contributed by atoms with Crippen LogP contribution in [0.3, 0.4) is 0 Å². The highest BCUT2D eigenvalue weighted by Crippen LogP contribution is 2.23. The Labute approximate surface area is 162 Å². The summed E-state index contributed by atoms with van der Waals surface area (Å²) in [5.41, 5.74) is 2.60. The van der Waals surface area contributed by atoms with Gasteiger partial charge in [0.2, 0.25) is 0 Å². The first-order valence-corrected chi connectivity index (χ1v) is 9.79. The molecule has 0 unspecified atom stereocenters. The maximum atomic E-state index is 12.5. The van der Waals surface area contributed by atoms with E-state index in [1.807, 2.05) is 42.5 Å². The smallest absolute Gasteiger partial charge is 0.270 e. The zero-order valence-electron chi connectivity index (χ0n) is 16.6. The quantitative estimate of drug-likeness (QED) is 0.852. The summed E-state index contributed by atoms with van der Waals surface area (Å²) in [5, 5.41) is 2.95. The van der Waals surface area contributed by atoms with Gasteiger partial charge in [0.25, 0.3) is 5.91 Å². The molecule has 144 valence electrons. The highest BCUT2D eigenvalue weighted by atomic mass is 16.1. The number of aromatic nitrogens is 1. The van der Waals surface area contributed by atoms with Gasteiger partial charge in [0, 0.05) is 50.6 Å². The third-order valence-electron chi connectivity index (χ3n) is 5.46. The van der Waals surface area contributed by atoms with Crippen LogP contribution in [0.4, 0.5) is 5.69 Å². The zero-order chi connectivity index (χ0) is 19.2. The van der Waals surface area contributed by atoms with Crippen LogP contribution < -0.4 is 10.2 Å². The van der Waals surface area contributed by atoms with Crippen LogP contribution in [0, 0.1) is 0 Å². The number of rotatable bonds is 6. The normalized spacial score (nSPS) is 15.7. The number of piperidine rings is 1. The Hall–Kier alpha value is -2.40. The highest BCUT2D eigenvalue weighted by molar-refractivity contribution is 5.93. The van der Waals surface area contributed by atoms with E-state index in [2.05, 4.69) is 41.0 Å². The molecule has 0 radical (unpaired) electrons. The van der Waals surface area contributed by atoms with E-state index in [4.69, 9.17) is 0 Å². The van der Waals surface area contributed by atoms with Crippen LogP contribution in [0.1, 0.15) is 42.7 Å². The van der Waals surface area contributed by atoms with Gasteiger partial charge in [-0.05, 0) is 44.4 Å². The fraction of sp³-hybridized carbons (Fsp3) is 0.455. The van der Waals surface area contributed by atoms with Gasteiger partial charge in [-0.15, -0.1) is 0 Å². The minimum absolute atomic E-state index is 0.135. The van der Waals surface area contributed by atoms with E-state index in [-0.39, 0.29) is 5.91 Å². The average molecular weight is 367 g/mol. The number of carbonyl (C=O) groups is 1. The van der Waals surface area contributed by atoms with Crippen molar-refractivity contribution < 1.29 is 4.79 Å². The maximum absolute atomic E-state index is 12.5. The van der Waals surface area contributed by atoms with Crippen LogP contribution in [0.5, 0.6) is 0 Å². The van der Waals surface area contributed by atoms with Crippen LogP contribution >= 0.6 is 0 Å². The number of hydrogen-bond acceptors (Lipinski definition) is 4. The summed E-state index contributed by atoms with van der Waals surface area (Å²) >= 11 is 0. The summed E-state index contributed by atoms with van der Waals surface area (Å²) in [7, 11) is 2.12. The molecule has 1 aliphatic heterocycles. The van der Waals surface area contributed by atoms with E-state index in [9.17, 15) is 4.79 Å². The SMILES string of the molecule is CC(C)N1CCC(N(C)c2ccnc(C(=O)NCc3ccccc3)c2)CC1. The van der Waals surface area contributed by atoms with Crippen LogP contribution in [-0.4, -0.2) is 48.0 Å². The Balaban J connectivity index is 1.60. The molecule has 1 N–H and O–H groups in total. The van der Waals surface area contributed by atoms with Crippen molar-refractivity contribution in [2.75, 3.05) is 25.0 Å². The second-order valence-electron chi connectivity index (χ2n) is 7.54. The minimum Gasteiger partial charge on any atom is -0.371 e. The maximum Gasteiger partial charge on any atom is 0.270 e. The lowest BCUT2D eigenvalue weighted by atomic mass is 10.0. The standard InChI is InChI=1S/C22H30N4O/c1-17(2)26-13-10-19(11-14-26)25(3)20-9-12-23-21(15-20)22(27)24-16-18-7-5-4-6-8-18/h4-9,12,15,17,19H,10-11,13-14,16H2,1-3H3,(H,24,27). The molecule has 0 bridgehead atoms. The fourth-order valence-corrected chi connectivity index (χ4v) is 3.63. The van der Waals surface area contributed by atoms with Crippen molar-refractivity contribution in [2.45, 2.75) is 45.3 Å². The van der Waals surface area contributed by atoms with E-state index >= 15 is 0 Å². The van der Waals surface area contributed by atoms with Crippen LogP contribution in [0.2, 0.25) is 0 Å². The molecule has 2 heterocycles. The molecule has 0 aliphatic carbocycles. The first kappa shape index (κ1) is 19.4. The molecule has 1 amide bonds. The Bertz CT molecular complexity index is 739. The third-order valence-corrected chi connectivity index (χ3v) is 5.46. The molecule has 1 fully saturated rings. The lowest BCUT2D eigenvalue weighted by Gasteiger charge is -2.39. The summed E-state index contributed by atoms with van der Waals surface area (Å²) in [5.74, 6) is -0.135. The predicted molar refractivity (Wildman–Crippen MR) is 110 cm³/mol. The molecule has 3 rings (SSSR count). The Morgan fingerprint density at radius 1 is 1.22 bits per heavy atom. The van der Waals surface area contributed by atoms with Crippen LogP contribution in [-0.2, 0) is 6.54 Å². The molecule has 0 spiro atoms. The first-order valence-electron chi connectivity index (χ1n) is 9.79. The summed E-state index contributed by atoms with van der Waals surface area (Å²) in [4.78, 5) is 21.6. The number of carbonyl (C=O) groups excluding carboxylic acids is 1. The molecule has 1 aliphatic rings. The number of amides is 1. The van der Waals surface area contributed by atoms with Gasteiger partial charge in [0.15, 0.2) is 0 Å². The predicted octanol–water partition coefficient (Wildman–Crippen LogP) is 3.32. The first-order chi connectivity index (χ1) is 13.0. The second kappa shape index (κ2) is 9.00. The minimum atomic E-state index is -0.135. The second-order valence-corrected chi connectivity index (χ2v) is 7.54. The summed E-state index contributed by atoms with van der Waals surface area (Å²) in [6.45, 7) is 7.28. The molecule has 5 nitrogen and oxygen atoms in total.